The summed E-state index contributed by atoms with van der Waals surface area (Å²) in [5.74, 6) is 0.296. The van der Waals surface area contributed by atoms with E-state index in [-0.39, 0.29) is 22.9 Å². The van der Waals surface area contributed by atoms with Gasteiger partial charge in [0.25, 0.3) is 5.91 Å². The van der Waals surface area contributed by atoms with E-state index in [0.717, 1.165) is 9.87 Å². The number of anilines is 1. The van der Waals surface area contributed by atoms with Gasteiger partial charge in [0, 0.05) is 29.8 Å². The van der Waals surface area contributed by atoms with Crippen molar-refractivity contribution in [3.8, 4) is 0 Å². The maximum Gasteiger partial charge on any atom is 0.258 e. The number of benzene rings is 2. The van der Waals surface area contributed by atoms with Crippen molar-refractivity contribution in [3.63, 3.8) is 0 Å². The van der Waals surface area contributed by atoms with Crippen LogP contribution in [0.5, 0.6) is 0 Å². The molecule has 1 aromatic heterocycles. The number of hydrogen-bond donors (Lipinski definition) is 0. The van der Waals surface area contributed by atoms with Gasteiger partial charge in [0.05, 0.1) is 17.7 Å². The number of amides is 1. The molecule has 0 saturated heterocycles. The van der Waals surface area contributed by atoms with Gasteiger partial charge in [-0.3, -0.25) is 4.79 Å². The fraction of sp³-hybridized carbons (Fsp3) is 0.190. The minimum absolute atomic E-state index is 0.0372. The summed E-state index contributed by atoms with van der Waals surface area (Å²) in [6, 6.07) is 15.7. The van der Waals surface area contributed by atoms with E-state index in [0.29, 0.717) is 15.9 Å². The largest absolute Gasteiger partial charge is 0.467 e. The quantitative estimate of drug-likeness (QED) is 0.526. The first-order chi connectivity index (χ1) is 13.7. The van der Waals surface area contributed by atoms with Crippen molar-refractivity contribution in [1.29, 1.82) is 0 Å². The van der Waals surface area contributed by atoms with Gasteiger partial charge in [-0.2, -0.15) is 0 Å². The van der Waals surface area contributed by atoms with Crippen LogP contribution in [0, 0.1) is 6.92 Å². The van der Waals surface area contributed by atoms with Gasteiger partial charge in [-0.05, 0) is 65.3 Å². The first-order valence-corrected chi connectivity index (χ1v) is 11.1. The zero-order valence-corrected chi connectivity index (χ0v) is 18.7. The van der Waals surface area contributed by atoms with Gasteiger partial charge >= 0.3 is 0 Å². The first-order valence-electron chi connectivity index (χ1n) is 8.83. The molecule has 2 aromatic carbocycles. The predicted octanol–water partition coefficient (Wildman–Crippen LogP) is 4.45. The van der Waals surface area contributed by atoms with Gasteiger partial charge in [-0.25, -0.2) is 12.7 Å². The van der Waals surface area contributed by atoms with E-state index in [1.807, 2.05) is 31.2 Å². The molecule has 0 aliphatic rings. The molecule has 6 nitrogen and oxygen atoms in total. The van der Waals surface area contributed by atoms with Crippen LogP contribution in [0.1, 0.15) is 21.7 Å². The second-order valence-electron chi connectivity index (χ2n) is 6.74. The van der Waals surface area contributed by atoms with E-state index < -0.39 is 10.0 Å². The SMILES string of the molecule is Cc1ccc(N(Cc2ccco2)C(=O)c2ccc(Br)c(S(=O)(=O)N(C)C)c2)cc1. The molecule has 152 valence electrons. The Morgan fingerprint density at radius 3 is 2.34 bits per heavy atom. The predicted molar refractivity (Wildman–Crippen MR) is 115 cm³/mol. The molecule has 0 aliphatic heterocycles. The number of nitrogens with zero attached hydrogens (tertiary/aromatic N) is 2. The molecule has 8 heteroatoms. The second kappa shape index (κ2) is 8.52. The molecule has 0 bridgehead atoms. The van der Waals surface area contributed by atoms with Crippen LogP contribution < -0.4 is 4.90 Å². The van der Waals surface area contributed by atoms with Crippen molar-refractivity contribution in [2.45, 2.75) is 18.4 Å². The molecule has 0 spiro atoms. The highest BCUT2D eigenvalue weighted by Gasteiger charge is 2.25. The zero-order chi connectivity index (χ0) is 21.2. The molecule has 0 unspecified atom stereocenters. The zero-order valence-electron chi connectivity index (χ0n) is 16.3. The van der Waals surface area contributed by atoms with Crippen LogP contribution >= 0.6 is 15.9 Å². The van der Waals surface area contributed by atoms with Crippen molar-refractivity contribution < 1.29 is 17.6 Å². The van der Waals surface area contributed by atoms with Crippen LogP contribution in [0.4, 0.5) is 5.69 Å². The van der Waals surface area contributed by atoms with Crippen LogP contribution in [0.3, 0.4) is 0 Å². The summed E-state index contributed by atoms with van der Waals surface area (Å²) in [4.78, 5) is 15.0. The Hall–Kier alpha value is -2.42. The summed E-state index contributed by atoms with van der Waals surface area (Å²) in [6.45, 7) is 2.19. The number of carbonyl (C=O) groups is 1. The first kappa shape index (κ1) is 21.3. The molecule has 0 saturated carbocycles. The Morgan fingerprint density at radius 1 is 1.07 bits per heavy atom. The van der Waals surface area contributed by atoms with E-state index in [9.17, 15) is 13.2 Å². The third-order valence-electron chi connectivity index (χ3n) is 4.42. The number of aryl methyl sites for hydroxylation is 1. The number of rotatable bonds is 6. The lowest BCUT2D eigenvalue weighted by atomic mass is 10.1. The standard InChI is InChI=1S/C21H21BrN2O4S/c1-15-6-9-17(10-7-15)24(14-18-5-4-12-28-18)21(25)16-8-11-19(22)20(13-16)29(26,27)23(2)3/h4-13H,14H2,1-3H3. The van der Waals surface area contributed by atoms with Gasteiger partial charge in [0.2, 0.25) is 10.0 Å². The van der Waals surface area contributed by atoms with E-state index >= 15 is 0 Å². The molecule has 1 heterocycles. The third kappa shape index (κ3) is 4.60. The normalized spacial score (nSPS) is 11.6. The average Bonchev–Trinajstić information content (AvgIpc) is 3.20. The van der Waals surface area contributed by atoms with E-state index in [1.54, 1.807) is 35.4 Å². The molecule has 1 amide bonds. The van der Waals surface area contributed by atoms with Crippen LogP contribution in [-0.4, -0.2) is 32.7 Å². The van der Waals surface area contributed by atoms with E-state index in [1.165, 1.54) is 20.2 Å². The second-order valence-corrected chi connectivity index (χ2v) is 9.71. The van der Waals surface area contributed by atoms with Crippen molar-refractivity contribution in [1.82, 2.24) is 4.31 Å². The lowest BCUT2D eigenvalue weighted by Crippen LogP contribution is -2.30. The number of halogens is 1. The molecule has 3 aromatic rings. The van der Waals surface area contributed by atoms with E-state index in [4.69, 9.17) is 4.42 Å². The van der Waals surface area contributed by atoms with Gasteiger partial charge in [-0.1, -0.05) is 17.7 Å². The topological polar surface area (TPSA) is 70.8 Å². The summed E-state index contributed by atoms with van der Waals surface area (Å²) in [5, 5.41) is 0. The fourth-order valence-electron chi connectivity index (χ4n) is 2.75. The molecule has 0 N–H and O–H groups in total. The lowest BCUT2D eigenvalue weighted by molar-refractivity contribution is 0.0983. The number of hydrogen-bond acceptors (Lipinski definition) is 4. The van der Waals surface area contributed by atoms with Crippen LogP contribution in [0.25, 0.3) is 0 Å². The number of sulfonamides is 1. The molecular weight excluding hydrogens is 456 g/mol. The van der Waals surface area contributed by atoms with Gasteiger partial charge < -0.3 is 9.32 Å². The van der Waals surface area contributed by atoms with Crippen molar-refractivity contribution in [3.05, 3.63) is 82.2 Å². The van der Waals surface area contributed by atoms with Gasteiger partial charge in [0.15, 0.2) is 0 Å². The smallest absolute Gasteiger partial charge is 0.258 e. The van der Waals surface area contributed by atoms with Crippen LogP contribution in [0.2, 0.25) is 0 Å². The number of carbonyl (C=O) groups excluding carboxylic acids is 1. The maximum absolute atomic E-state index is 13.4. The average molecular weight is 477 g/mol. The van der Waals surface area contributed by atoms with Crippen LogP contribution in [-0.2, 0) is 16.6 Å². The molecular formula is C21H21BrN2O4S. The monoisotopic (exact) mass is 476 g/mol. The molecule has 0 fully saturated rings. The molecule has 0 radical (unpaired) electrons. The van der Waals surface area contributed by atoms with Crippen molar-refractivity contribution in [2.75, 3.05) is 19.0 Å². The summed E-state index contributed by atoms with van der Waals surface area (Å²) in [5.41, 5.74) is 2.03. The summed E-state index contributed by atoms with van der Waals surface area (Å²) < 4.78 is 32.2. The lowest BCUT2D eigenvalue weighted by Gasteiger charge is -2.23. The van der Waals surface area contributed by atoms with E-state index in [2.05, 4.69) is 15.9 Å². The van der Waals surface area contributed by atoms with Gasteiger partial charge in [0.1, 0.15) is 5.76 Å². The Kier molecular flexibility index (Phi) is 6.26. The molecule has 0 atom stereocenters. The molecule has 3 rings (SSSR count). The summed E-state index contributed by atoms with van der Waals surface area (Å²) >= 11 is 3.28. The highest BCUT2D eigenvalue weighted by Crippen LogP contribution is 2.27. The molecule has 29 heavy (non-hydrogen) atoms. The minimum atomic E-state index is -3.71. The summed E-state index contributed by atoms with van der Waals surface area (Å²) in [7, 11) is -0.812. The Morgan fingerprint density at radius 2 is 1.76 bits per heavy atom. The van der Waals surface area contributed by atoms with Gasteiger partial charge in [-0.15, -0.1) is 0 Å². The number of furan rings is 1. The van der Waals surface area contributed by atoms with Crippen molar-refractivity contribution in [2.24, 2.45) is 0 Å². The Labute approximate surface area is 178 Å². The Balaban J connectivity index is 2.05. The highest BCUT2D eigenvalue weighted by atomic mass is 79.9. The summed E-state index contributed by atoms with van der Waals surface area (Å²) in [6.07, 6.45) is 1.55. The molecule has 0 aliphatic carbocycles. The fourth-order valence-corrected chi connectivity index (χ4v) is 4.59. The third-order valence-corrected chi connectivity index (χ3v) is 7.23. The minimum Gasteiger partial charge on any atom is -0.467 e. The maximum atomic E-state index is 13.4. The Bertz CT molecular complexity index is 1110. The van der Waals surface area contributed by atoms with Crippen LogP contribution in [0.15, 0.2) is 74.6 Å². The van der Waals surface area contributed by atoms with Crippen molar-refractivity contribution >= 4 is 37.5 Å². The highest BCUT2D eigenvalue weighted by molar-refractivity contribution is 9.10.